The number of piperazine rings is 1. The molecule has 8 heteroatoms. The molecule has 1 aromatic carbocycles. The van der Waals surface area contributed by atoms with Gasteiger partial charge in [-0.1, -0.05) is 24.9 Å². The minimum absolute atomic E-state index is 0.0539. The summed E-state index contributed by atoms with van der Waals surface area (Å²) in [5.74, 6) is 1.49. The Bertz CT molecular complexity index is 898. The van der Waals surface area contributed by atoms with Crippen molar-refractivity contribution >= 4 is 29.4 Å². The molecule has 1 aliphatic rings. The van der Waals surface area contributed by atoms with Gasteiger partial charge in [-0.3, -0.25) is 9.59 Å². The van der Waals surface area contributed by atoms with Crippen molar-refractivity contribution in [1.29, 1.82) is 0 Å². The Balaban J connectivity index is 1.61. The second-order valence-electron chi connectivity index (χ2n) is 7.11. The van der Waals surface area contributed by atoms with E-state index in [4.69, 9.17) is 4.74 Å². The van der Waals surface area contributed by atoms with Crippen LogP contribution in [0.2, 0.25) is 0 Å². The summed E-state index contributed by atoms with van der Waals surface area (Å²) in [5, 5.41) is 0. The molecular formula is C22H28N4O3S. The number of pyridine rings is 1. The monoisotopic (exact) mass is 428 g/mol. The highest BCUT2D eigenvalue weighted by Gasteiger charge is 2.26. The maximum absolute atomic E-state index is 13.0. The number of hydrogen-bond donors (Lipinski definition) is 1. The van der Waals surface area contributed by atoms with Gasteiger partial charge in [-0.05, 0) is 43.7 Å². The van der Waals surface area contributed by atoms with Gasteiger partial charge < -0.3 is 19.3 Å². The summed E-state index contributed by atoms with van der Waals surface area (Å²) in [7, 11) is 1.60. The number of methoxy groups -OCH3 is 1. The van der Waals surface area contributed by atoms with Gasteiger partial charge in [-0.25, -0.2) is 4.98 Å². The van der Waals surface area contributed by atoms with Crippen LogP contribution in [0.1, 0.15) is 39.9 Å². The SMILES string of the molecule is CCCSNc1ccc(C(=O)N2CCN(C(=O)c3cccc(C)n3)CC2)cc1OC. The number of nitrogens with zero attached hydrogens (tertiary/aromatic N) is 3. The fraction of sp³-hybridized carbons (Fsp3) is 0.409. The highest BCUT2D eigenvalue weighted by molar-refractivity contribution is 8.00. The third-order valence-electron chi connectivity index (χ3n) is 4.90. The molecule has 2 aromatic rings. The van der Waals surface area contributed by atoms with Crippen LogP contribution in [0.5, 0.6) is 5.75 Å². The van der Waals surface area contributed by atoms with Crippen LogP contribution in [0.15, 0.2) is 36.4 Å². The van der Waals surface area contributed by atoms with Gasteiger partial charge in [0.25, 0.3) is 11.8 Å². The third-order valence-corrected chi connectivity index (χ3v) is 5.87. The normalized spacial score (nSPS) is 13.8. The Morgan fingerprint density at radius 1 is 1.10 bits per heavy atom. The standard InChI is InChI=1S/C22H28N4O3S/c1-4-14-30-24-18-9-8-17(15-20(18)29-3)21(27)25-10-12-26(13-11-25)22(28)19-7-5-6-16(2)23-19/h5-9,15,24H,4,10-14H2,1-3H3. The van der Waals surface area contributed by atoms with Crippen molar-refractivity contribution in [3.8, 4) is 5.75 Å². The maximum Gasteiger partial charge on any atom is 0.272 e. The molecule has 0 saturated carbocycles. The molecule has 7 nitrogen and oxygen atoms in total. The zero-order valence-corrected chi connectivity index (χ0v) is 18.5. The van der Waals surface area contributed by atoms with Crippen LogP contribution in [0.4, 0.5) is 5.69 Å². The Morgan fingerprint density at radius 3 is 2.43 bits per heavy atom. The van der Waals surface area contributed by atoms with Gasteiger partial charge in [0.1, 0.15) is 11.4 Å². The smallest absolute Gasteiger partial charge is 0.272 e. The number of carbonyl (C=O) groups is 2. The number of hydrogen-bond acceptors (Lipinski definition) is 6. The van der Waals surface area contributed by atoms with Crippen molar-refractivity contribution in [2.75, 3.05) is 43.8 Å². The quantitative estimate of drug-likeness (QED) is 0.538. The van der Waals surface area contributed by atoms with E-state index in [1.165, 1.54) is 0 Å². The predicted molar refractivity (Wildman–Crippen MR) is 120 cm³/mol. The maximum atomic E-state index is 13.0. The van der Waals surface area contributed by atoms with Crippen molar-refractivity contribution in [3.63, 3.8) is 0 Å². The van der Waals surface area contributed by atoms with Crippen LogP contribution in [0, 0.1) is 6.92 Å². The largest absolute Gasteiger partial charge is 0.495 e. The van der Waals surface area contributed by atoms with Gasteiger partial charge in [0, 0.05) is 43.2 Å². The topological polar surface area (TPSA) is 74.8 Å². The lowest BCUT2D eigenvalue weighted by atomic mass is 10.1. The average molecular weight is 429 g/mol. The lowest BCUT2D eigenvalue weighted by Crippen LogP contribution is -2.50. The first-order valence-electron chi connectivity index (χ1n) is 10.1. The highest BCUT2D eigenvalue weighted by atomic mass is 32.2. The summed E-state index contributed by atoms with van der Waals surface area (Å²) in [6.45, 7) is 5.95. The lowest BCUT2D eigenvalue weighted by molar-refractivity contribution is 0.0532. The van der Waals surface area contributed by atoms with E-state index in [2.05, 4.69) is 16.6 Å². The van der Waals surface area contributed by atoms with E-state index in [0.717, 1.165) is 23.6 Å². The van der Waals surface area contributed by atoms with Crippen LogP contribution >= 0.6 is 11.9 Å². The number of benzene rings is 1. The van der Waals surface area contributed by atoms with E-state index in [9.17, 15) is 9.59 Å². The molecule has 2 amide bonds. The number of nitrogens with one attached hydrogen (secondary N) is 1. The molecule has 1 aromatic heterocycles. The van der Waals surface area contributed by atoms with Gasteiger partial charge in [0.15, 0.2) is 0 Å². The summed E-state index contributed by atoms with van der Waals surface area (Å²) in [6.07, 6.45) is 1.07. The van der Waals surface area contributed by atoms with Crippen LogP contribution in [-0.2, 0) is 0 Å². The zero-order chi connectivity index (χ0) is 21.5. The second kappa shape index (κ2) is 10.3. The van der Waals surface area contributed by atoms with Crippen molar-refractivity contribution in [2.24, 2.45) is 0 Å². The van der Waals surface area contributed by atoms with E-state index >= 15 is 0 Å². The van der Waals surface area contributed by atoms with Gasteiger partial charge in [-0.15, -0.1) is 0 Å². The molecule has 2 heterocycles. The predicted octanol–water partition coefficient (Wildman–Crippen LogP) is 3.47. The Hall–Kier alpha value is -2.74. The number of rotatable bonds is 7. The van der Waals surface area contributed by atoms with Crippen LogP contribution in [-0.4, -0.2) is 65.6 Å². The van der Waals surface area contributed by atoms with E-state index in [1.54, 1.807) is 41.0 Å². The summed E-state index contributed by atoms with van der Waals surface area (Å²) < 4.78 is 8.72. The summed E-state index contributed by atoms with van der Waals surface area (Å²) in [6, 6.07) is 10.9. The minimum atomic E-state index is -0.0903. The number of aromatic nitrogens is 1. The number of ether oxygens (including phenoxy) is 1. The molecule has 0 radical (unpaired) electrons. The second-order valence-corrected chi connectivity index (χ2v) is 8.02. The van der Waals surface area contributed by atoms with Crippen LogP contribution in [0.3, 0.4) is 0 Å². The Morgan fingerprint density at radius 2 is 1.80 bits per heavy atom. The first kappa shape index (κ1) is 22.0. The van der Waals surface area contributed by atoms with E-state index in [1.807, 2.05) is 31.2 Å². The molecular weight excluding hydrogens is 400 g/mol. The van der Waals surface area contributed by atoms with Crippen molar-refractivity contribution in [1.82, 2.24) is 14.8 Å². The number of aryl methyl sites for hydroxylation is 1. The molecule has 30 heavy (non-hydrogen) atoms. The van der Waals surface area contributed by atoms with Crippen molar-refractivity contribution < 1.29 is 14.3 Å². The van der Waals surface area contributed by atoms with Crippen LogP contribution in [0.25, 0.3) is 0 Å². The molecule has 1 fully saturated rings. The van der Waals surface area contributed by atoms with Crippen molar-refractivity contribution in [2.45, 2.75) is 20.3 Å². The number of carbonyl (C=O) groups excluding carboxylic acids is 2. The van der Waals surface area contributed by atoms with Gasteiger partial charge in [0.05, 0.1) is 12.8 Å². The average Bonchev–Trinajstić information content (AvgIpc) is 2.78. The van der Waals surface area contributed by atoms with Gasteiger partial charge >= 0.3 is 0 Å². The molecule has 1 aliphatic heterocycles. The fourth-order valence-electron chi connectivity index (χ4n) is 3.26. The lowest BCUT2D eigenvalue weighted by Gasteiger charge is -2.34. The van der Waals surface area contributed by atoms with Gasteiger partial charge in [0.2, 0.25) is 0 Å². The molecule has 1 saturated heterocycles. The first-order valence-corrected chi connectivity index (χ1v) is 11.1. The van der Waals surface area contributed by atoms with E-state index < -0.39 is 0 Å². The van der Waals surface area contributed by atoms with Crippen LogP contribution < -0.4 is 9.46 Å². The molecule has 0 aliphatic carbocycles. The molecule has 1 N–H and O–H groups in total. The summed E-state index contributed by atoms with van der Waals surface area (Å²) >= 11 is 1.61. The highest BCUT2D eigenvalue weighted by Crippen LogP contribution is 2.28. The van der Waals surface area contributed by atoms with Crippen molar-refractivity contribution in [3.05, 3.63) is 53.3 Å². The first-order chi connectivity index (χ1) is 14.5. The minimum Gasteiger partial charge on any atom is -0.495 e. The molecule has 0 spiro atoms. The fourth-order valence-corrected chi connectivity index (χ4v) is 3.89. The number of amides is 2. The van der Waals surface area contributed by atoms with E-state index in [-0.39, 0.29) is 11.8 Å². The molecule has 160 valence electrons. The molecule has 3 rings (SSSR count). The Kier molecular flexibility index (Phi) is 7.57. The summed E-state index contributed by atoms with van der Waals surface area (Å²) in [5.41, 5.74) is 2.70. The molecule has 0 unspecified atom stereocenters. The molecule has 0 atom stereocenters. The number of anilines is 1. The Labute approximate surface area is 181 Å². The van der Waals surface area contributed by atoms with E-state index in [0.29, 0.717) is 43.2 Å². The van der Waals surface area contributed by atoms with Gasteiger partial charge in [-0.2, -0.15) is 0 Å². The third kappa shape index (κ3) is 5.24. The summed E-state index contributed by atoms with van der Waals surface area (Å²) in [4.78, 5) is 33.5. The zero-order valence-electron chi connectivity index (χ0n) is 17.7. The molecule has 0 bridgehead atoms.